The normalized spacial score (nSPS) is 11.0. The molecule has 3 rings (SSSR count). The Morgan fingerprint density at radius 3 is 2.67 bits per heavy atom. The first-order valence-electron chi connectivity index (χ1n) is 7.14. The molecule has 122 valence electrons. The molecule has 0 aliphatic carbocycles. The fourth-order valence-corrected chi connectivity index (χ4v) is 3.00. The summed E-state index contributed by atoms with van der Waals surface area (Å²) in [4.78, 5) is 23.3. The van der Waals surface area contributed by atoms with Crippen LogP contribution in [0.3, 0.4) is 0 Å². The average Bonchev–Trinajstić information content (AvgIpc) is 2.85. The monoisotopic (exact) mass is 344 g/mol. The fraction of sp³-hybridized carbons (Fsp3) is 0.118. The number of carbonyl (C=O) groups is 1. The Labute approximate surface area is 142 Å². The van der Waals surface area contributed by atoms with Gasteiger partial charge in [-0.15, -0.1) is 0 Å². The van der Waals surface area contributed by atoms with Crippen molar-refractivity contribution in [3.8, 4) is 0 Å². The molecule has 1 aromatic heterocycles. The number of nitro benzene ring substituents is 1. The number of aliphatic hydroxyl groups excluding tert-OH is 1. The quantitative estimate of drug-likeness (QED) is 0.580. The van der Waals surface area contributed by atoms with Crippen LogP contribution in [0.1, 0.15) is 21.6 Å². The minimum Gasteiger partial charge on any atom is -0.392 e. The first-order valence-corrected chi connectivity index (χ1v) is 7.52. The van der Waals surface area contributed by atoms with Gasteiger partial charge in [0.2, 0.25) is 0 Å². The Bertz CT molecular complexity index is 978. The van der Waals surface area contributed by atoms with Gasteiger partial charge in [-0.3, -0.25) is 19.5 Å². The van der Waals surface area contributed by atoms with Gasteiger partial charge in [-0.1, -0.05) is 29.8 Å². The van der Waals surface area contributed by atoms with Crippen LogP contribution >= 0.6 is 11.6 Å². The molecule has 0 aliphatic rings. The summed E-state index contributed by atoms with van der Waals surface area (Å²) in [5, 5.41) is 21.4. The molecule has 0 aliphatic heterocycles. The highest BCUT2D eigenvalue weighted by Crippen LogP contribution is 2.29. The lowest BCUT2D eigenvalue weighted by molar-refractivity contribution is -0.384. The van der Waals surface area contributed by atoms with Crippen molar-refractivity contribution in [3.63, 3.8) is 0 Å². The minimum absolute atomic E-state index is 0.0262. The SMILES string of the molecule is Cc1c(CO)c2ccccc2n1C(=O)c1ccc(Cl)c([N+](=O)[O-])c1. The number of aliphatic hydroxyl groups is 1. The fourth-order valence-electron chi connectivity index (χ4n) is 2.81. The zero-order valence-electron chi connectivity index (χ0n) is 12.7. The number of aromatic nitrogens is 1. The third kappa shape index (κ3) is 2.46. The second-order valence-electron chi connectivity index (χ2n) is 5.30. The van der Waals surface area contributed by atoms with Crippen molar-refractivity contribution in [2.75, 3.05) is 0 Å². The molecule has 0 saturated heterocycles. The number of halogens is 1. The molecule has 3 aromatic rings. The molecule has 1 N–H and O–H groups in total. The van der Waals surface area contributed by atoms with Gasteiger partial charge in [-0.25, -0.2) is 0 Å². The average molecular weight is 345 g/mol. The Hall–Kier alpha value is -2.70. The Kier molecular flexibility index (Phi) is 4.09. The molecule has 0 radical (unpaired) electrons. The minimum atomic E-state index is -0.626. The maximum Gasteiger partial charge on any atom is 0.288 e. The Morgan fingerprint density at radius 1 is 1.29 bits per heavy atom. The number of para-hydroxylation sites is 1. The van der Waals surface area contributed by atoms with Gasteiger partial charge in [0.25, 0.3) is 11.6 Å². The molecule has 6 nitrogen and oxygen atoms in total. The van der Waals surface area contributed by atoms with Gasteiger partial charge in [-0.2, -0.15) is 0 Å². The third-order valence-electron chi connectivity index (χ3n) is 3.99. The number of nitrogens with zero attached hydrogens (tertiary/aromatic N) is 2. The van der Waals surface area contributed by atoms with E-state index in [4.69, 9.17) is 11.6 Å². The summed E-state index contributed by atoms with van der Waals surface area (Å²) in [5.74, 6) is -0.414. The maximum atomic E-state index is 12.9. The van der Waals surface area contributed by atoms with E-state index >= 15 is 0 Å². The highest BCUT2D eigenvalue weighted by atomic mass is 35.5. The standard InChI is InChI=1S/C17H13ClN2O4/c1-10-13(9-21)12-4-2-3-5-15(12)19(10)17(22)11-6-7-14(18)16(8-11)20(23)24/h2-8,21H,9H2,1H3. The van der Waals surface area contributed by atoms with Crippen molar-refractivity contribution in [1.82, 2.24) is 4.57 Å². The first kappa shape index (κ1) is 16.2. The van der Waals surface area contributed by atoms with Crippen molar-refractivity contribution >= 4 is 34.1 Å². The molecule has 0 atom stereocenters. The molecule has 24 heavy (non-hydrogen) atoms. The van der Waals surface area contributed by atoms with Crippen LogP contribution in [0.15, 0.2) is 42.5 Å². The van der Waals surface area contributed by atoms with Crippen LogP contribution in [0.25, 0.3) is 10.9 Å². The lowest BCUT2D eigenvalue weighted by Gasteiger charge is -2.08. The lowest BCUT2D eigenvalue weighted by Crippen LogP contribution is -2.14. The van der Waals surface area contributed by atoms with Crippen LogP contribution in [0.4, 0.5) is 5.69 Å². The molecule has 0 spiro atoms. The van der Waals surface area contributed by atoms with Crippen LogP contribution in [-0.2, 0) is 6.61 Å². The summed E-state index contributed by atoms with van der Waals surface area (Å²) >= 11 is 5.80. The van der Waals surface area contributed by atoms with E-state index in [1.54, 1.807) is 19.1 Å². The van der Waals surface area contributed by atoms with E-state index in [0.29, 0.717) is 16.8 Å². The number of hydrogen-bond donors (Lipinski definition) is 1. The van der Waals surface area contributed by atoms with Crippen molar-refractivity contribution in [3.05, 3.63) is 74.4 Å². The van der Waals surface area contributed by atoms with Crippen molar-refractivity contribution in [2.45, 2.75) is 13.5 Å². The zero-order chi connectivity index (χ0) is 17.4. The summed E-state index contributed by atoms with van der Waals surface area (Å²) in [7, 11) is 0. The number of benzene rings is 2. The van der Waals surface area contributed by atoms with Gasteiger partial charge in [0.15, 0.2) is 0 Å². The molecular formula is C17H13ClN2O4. The summed E-state index contributed by atoms with van der Waals surface area (Å²) in [6, 6.07) is 11.1. The van der Waals surface area contributed by atoms with E-state index in [2.05, 4.69) is 0 Å². The predicted molar refractivity (Wildman–Crippen MR) is 90.4 cm³/mol. The van der Waals surface area contributed by atoms with E-state index in [1.165, 1.54) is 16.7 Å². The highest BCUT2D eigenvalue weighted by Gasteiger charge is 2.22. The Morgan fingerprint density at radius 2 is 2.00 bits per heavy atom. The van der Waals surface area contributed by atoms with E-state index in [-0.39, 0.29) is 22.9 Å². The molecule has 0 fully saturated rings. The number of hydrogen-bond acceptors (Lipinski definition) is 4. The molecule has 0 amide bonds. The highest BCUT2D eigenvalue weighted by molar-refractivity contribution is 6.32. The number of carbonyl (C=O) groups excluding carboxylic acids is 1. The van der Waals surface area contributed by atoms with Gasteiger partial charge in [0.05, 0.1) is 17.0 Å². The van der Waals surface area contributed by atoms with Gasteiger partial charge in [0, 0.05) is 28.3 Å². The summed E-state index contributed by atoms with van der Waals surface area (Å²) in [5.41, 5.74) is 1.73. The number of rotatable bonds is 3. The second kappa shape index (κ2) is 6.07. The summed E-state index contributed by atoms with van der Waals surface area (Å²) in [6.07, 6.45) is 0. The zero-order valence-corrected chi connectivity index (χ0v) is 13.4. The molecular weight excluding hydrogens is 332 g/mol. The molecule has 2 aromatic carbocycles. The summed E-state index contributed by atoms with van der Waals surface area (Å²) < 4.78 is 1.45. The maximum absolute atomic E-state index is 12.9. The first-order chi connectivity index (χ1) is 11.5. The second-order valence-corrected chi connectivity index (χ2v) is 5.71. The third-order valence-corrected chi connectivity index (χ3v) is 4.31. The summed E-state index contributed by atoms with van der Waals surface area (Å²) in [6.45, 7) is 1.53. The van der Waals surface area contributed by atoms with Crippen molar-refractivity contribution in [2.24, 2.45) is 0 Å². The largest absolute Gasteiger partial charge is 0.392 e. The molecule has 0 unspecified atom stereocenters. The number of nitro groups is 1. The van der Waals surface area contributed by atoms with Crippen LogP contribution in [0.2, 0.25) is 5.02 Å². The molecule has 0 bridgehead atoms. The van der Waals surface area contributed by atoms with Gasteiger partial charge in [0.1, 0.15) is 5.02 Å². The van der Waals surface area contributed by atoms with Crippen molar-refractivity contribution in [1.29, 1.82) is 0 Å². The Balaban J connectivity index is 2.22. The van der Waals surface area contributed by atoms with Gasteiger partial charge in [-0.05, 0) is 25.1 Å². The topological polar surface area (TPSA) is 85.4 Å². The predicted octanol–water partition coefficient (Wildman–Crippen LogP) is 3.69. The van der Waals surface area contributed by atoms with Gasteiger partial charge < -0.3 is 5.11 Å². The van der Waals surface area contributed by atoms with E-state index < -0.39 is 10.8 Å². The molecule has 7 heteroatoms. The van der Waals surface area contributed by atoms with E-state index in [9.17, 15) is 20.0 Å². The van der Waals surface area contributed by atoms with E-state index in [0.717, 1.165) is 11.5 Å². The lowest BCUT2D eigenvalue weighted by atomic mass is 10.1. The smallest absolute Gasteiger partial charge is 0.288 e. The molecule has 0 saturated carbocycles. The van der Waals surface area contributed by atoms with Crippen LogP contribution in [-0.4, -0.2) is 20.5 Å². The van der Waals surface area contributed by atoms with Gasteiger partial charge >= 0.3 is 0 Å². The number of fused-ring (bicyclic) bond motifs is 1. The van der Waals surface area contributed by atoms with Crippen LogP contribution < -0.4 is 0 Å². The molecule has 1 heterocycles. The van der Waals surface area contributed by atoms with Crippen molar-refractivity contribution < 1.29 is 14.8 Å². The van der Waals surface area contributed by atoms with Crippen LogP contribution in [0, 0.1) is 17.0 Å². The van der Waals surface area contributed by atoms with Crippen LogP contribution in [0.5, 0.6) is 0 Å². The van der Waals surface area contributed by atoms with E-state index in [1.807, 2.05) is 12.1 Å².